The third kappa shape index (κ3) is 2.04. The fraction of sp³-hybridized carbons (Fsp3) is 0.231. The zero-order valence-electron chi connectivity index (χ0n) is 9.53. The topological polar surface area (TPSA) is 20.2 Å². The van der Waals surface area contributed by atoms with E-state index in [1.165, 1.54) is 35.0 Å². The summed E-state index contributed by atoms with van der Waals surface area (Å²) in [7, 11) is 0. The van der Waals surface area contributed by atoms with Gasteiger partial charge in [-0.25, -0.2) is 0 Å². The molecule has 1 heterocycles. The van der Waals surface area contributed by atoms with Crippen molar-refractivity contribution in [3.63, 3.8) is 0 Å². The molecule has 0 aliphatic heterocycles. The van der Waals surface area contributed by atoms with E-state index in [1.807, 2.05) is 0 Å². The number of rotatable bonds is 2. The Morgan fingerprint density at radius 3 is 2.33 bits per heavy atom. The number of benzene rings is 1. The molecular formula is C13H11F3OS. The molecule has 0 saturated carbocycles. The Hall–Kier alpha value is -1.33. The summed E-state index contributed by atoms with van der Waals surface area (Å²) in [6, 6.07) is 7.13. The van der Waals surface area contributed by atoms with Gasteiger partial charge in [0.05, 0.1) is 0 Å². The molecule has 2 rings (SSSR count). The van der Waals surface area contributed by atoms with Crippen molar-refractivity contribution >= 4 is 11.3 Å². The van der Waals surface area contributed by atoms with Gasteiger partial charge < -0.3 is 5.11 Å². The van der Waals surface area contributed by atoms with Gasteiger partial charge in [-0.15, -0.1) is 0 Å². The SMILES string of the molecule is Cc1cccc(C(O)(c2ccsc2)C(F)(F)F)c1. The Kier molecular flexibility index (Phi) is 3.21. The van der Waals surface area contributed by atoms with Crippen LogP contribution in [0.2, 0.25) is 0 Å². The number of aliphatic hydroxyl groups is 1. The lowest BCUT2D eigenvalue weighted by atomic mass is 9.86. The molecule has 0 aliphatic rings. The molecule has 1 aromatic heterocycles. The summed E-state index contributed by atoms with van der Waals surface area (Å²) in [6.45, 7) is 1.69. The first-order chi connectivity index (χ1) is 8.35. The molecule has 1 aromatic carbocycles. The molecular weight excluding hydrogens is 261 g/mol. The van der Waals surface area contributed by atoms with Gasteiger partial charge in [-0.1, -0.05) is 29.8 Å². The highest BCUT2D eigenvalue weighted by Crippen LogP contribution is 2.44. The van der Waals surface area contributed by atoms with E-state index in [4.69, 9.17) is 0 Å². The monoisotopic (exact) mass is 272 g/mol. The van der Waals surface area contributed by atoms with Gasteiger partial charge >= 0.3 is 6.18 Å². The standard InChI is InChI=1S/C13H11F3OS/c1-9-3-2-4-10(7-9)12(17,13(14,15)16)11-5-6-18-8-11/h2-8,17H,1H3. The van der Waals surface area contributed by atoms with Crippen LogP contribution in [0.4, 0.5) is 13.2 Å². The van der Waals surface area contributed by atoms with E-state index in [1.54, 1.807) is 13.0 Å². The smallest absolute Gasteiger partial charge is 0.372 e. The summed E-state index contributed by atoms with van der Waals surface area (Å²) in [6.07, 6.45) is -4.76. The number of hydrogen-bond donors (Lipinski definition) is 1. The minimum Gasteiger partial charge on any atom is -0.372 e. The Morgan fingerprint density at radius 2 is 1.83 bits per heavy atom. The summed E-state index contributed by atoms with van der Waals surface area (Å²) in [5.74, 6) is 0. The molecule has 1 N–H and O–H groups in total. The second-order valence-corrected chi connectivity index (χ2v) is 4.87. The van der Waals surface area contributed by atoms with Crippen molar-refractivity contribution in [2.45, 2.75) is 18.7 Å². The summed E-state index contributed by atoms with van der Waals surface area (Å²) >= 11 is 1.12. The van der Waals surface area contributed by atoms with Gasteiger partial charge in [0.25, 0.3) is 0 Å². The van der Waals surface area contributed by atoms with E-state index < -0.39 is 11.8 Å². The molecule has 18 heavy (non-hydrogen) atoms. The molecule has 0 saturated heterocycles. The van der Waals surface area contributed by atoms with Gasteiger partial charge in [-0.3, -0.25) is 0 Å². The largest absolute Gasteiger partial charge is 0.425 e. The van der Waals surface area contributed by atoms with Crippen LogP contribution in [0.1, 0.15) is 16.7 Å². The van der Waals surface area contributed by atoms with Gasteiger partial charge in [-0.05, 0) is 29.3 Å². The average Bonchev–Trinajstić information content (AvgIpc) is 2.80. The first kappa shape index (κ1) is 13.1. The van der Waals surface area contributed by atoms with Crippen molar-refractivity contribution in [2.75, 3.05) is 0 Å². The molecule has 0 bridgehead atoms. The van der Waals surface area contributed by atoms with Crippen LogP contribution in [0.25, 0.3) is 0 Å². The highest BCUT2D eigenvalue weighted by atomic mass is 32.1. The van der Waals surface area contributed by atoms with Crippen LogP contribution < -0.4 is 0 Å². The highest BCUT2D eigenvalue weighted by Gasteiger charge is 2.56. The van der Waals surface area contributed by atoms with E-state index in [9.17, 15) is 18.3 Å². The maximum atomic E-state index is 13.2. The van der Waals surface area contributed by atoms with Gasteiger partial charge in [0.1, 0.15) is 0 Å². The van der Waals surface area contributed by atoms with E-state index in [0.717, 1.165) is 11.3 Å². The van der Waals surface area contributed by atoms with Crippen LogP contribution in [0.15, 0.2) is 41.1 Å². The van der Waals surface area contributed by atoms with E-state index in [0.29, 0.717) is 5.56 Å². The zero-order valence-corrected chi connectivity index (χ0v) is 10.3. The number of hydrogen-bond acceptors (Lipinski definition) is 2. The summed E-state index contributed by atoms with van der Waals surface area (Å²) in [5.41, 5.74) is -2.58. The molecule has 2 aromatic rings. The quantitative estimate of drug-likeness (QED) is 0.880. The van der Waals surface area contributed by atoms with Gasteiger partial charge in [0.15, 0.2) is 0 Å². The predicted octanol–water partition coefficient (Wildman–Crippen LogP) is 3.85. The average molecular weight is 272 g/mol. The van der Waals surface area contributed by atoms with Crippen LogP contribution in [-0.2, 0) is 5.60 Å². The Labute approximate surface area is 107 Å². The summed E-state index contributed by atoms with van der Waals surface area (Å²) in [4.78, 5) is 0. The van der Waals surface area contributed by atoms with Gasteiger partial charge in [0.2, 0.25) is 5.60 Å². The Morgan fingerprint density at radius 1 is 1.11 bits per heavy atom. The number of aryl methyl sites for hydroxylation is 1. The fourth-order valence-electron chi connectivity index (χ4n) is 1.83. The van der Waals surface area contributed by atoms with Crippen LogP contribution in [0.5, 0.6) is 0 Å². The van der Waals surface area contributed by atoms with Crippen LogP contribution in [0.3, 0.4) is 0 Å². The lowest BCUT2D eigenvalue weighted by Crippen LogP contribution is -2.43. The fourth-order valence-corrected chi connectivity index (χ4v) is 2.53. The number of halogens is 3. The van der Waals surface area contributed by atoms with Crippen molar-refractivity contribution in [1.82, 2.24) is 0 Å². The molecule has 5 heteroatoms. The van der Waals surface area contributed by atoms with Gasteiger partial charge in [-0.2, -0.15) is 24.5 Å². The molecule has 0 spiro atoms. The summed E-state index contributed by atoms with van der Waals surface area (Å²) < 4.78 is 39.7. The minimum absolute atomic E-state index is 0.148. The first-order valence-corrected chi connectivity index (χ1v) is 6.19. The maximum Gasteiger partial charge on any atom is 0.425 e. The Bertz CT molecular complexity index is 533. The predicted molar refractivity (Wildman–Crippen MR) is 64.6 cm³/mol. The van der Waals surface area contributed by atoms with Crippen molar-refractivity contribution in [2.24, 2.45) is 0 Å². The molecule has 0 fully saturated rings. The van der Waals surface area contributed by atoms with Crippen molar-refractivity contribution in [1.29, 1.82) is 0 Å². The lowest BCUT2D eigenvalue weighted by molar-refractivity contribution is -0.248. The molecule has 0 radical (unpaired) electrons. The molecule has 1 nitrogen and oxygen atoms in total. The zero-order chi connectivity index (χ0) is 13.4. The van der Waals surface area contributed by atoms with Crippen LogP contribution >= 0.6 is 11.3 Å². The third-order valence-corrected chi connectivity index (χ3v) is 3.47. The third-order valence-electron chi connectivity index (χ3n) is 2.79. The van der Waals surface area contributed by atoms with Crippen molar-refractivity contribution in [3.05, 3.63) is 57.8 Å². The van der Waals surface area contributed by atoms with Crippen LogP contribution in [0, 0.1) is 6.92 Å². The number of alkyl halides is 3. The highest BCUT2D eigenvalue weighted by molar-refractivity contribution is 7.08. The molecule has 0 aliphatic carbocycles. The molecule has 1 unspecified atom stereocenters. The second-order valence-electron chi connectivity index (χ2n) is 4.09. The van der Waals surface area contributed by atoms with Gasteiger partial charge in [0, 0.05) is 5.56 Å². The summed E-state index contributed by atoms with van der Waals surface area (Å²) in [5, 5.41) is 13.0. The van der Waals surface area contributed by atoms with Crippen molar-refractivity contribution in [3.8, 4) is 0 Å². The molecule has 0 amide bonds. The lowest BCUT2D eigenvalue weighted by Gasteiger charge is -2.30. The Balaban J connectivity index is 2.64. The molecule has 1 atom stereocenters. The maximum absolute atomic E-state index is 13.2. The normalized spacial score (nSPS) is 15.4. The van der Waals surface area contributed by atoms with Crippen molar-refractivity contribution < 1.29 is 18.3 Å². The van der Waals surface area contributed by atoms with E-state index in [-0.39, 0.29) is 11.1 Å². The first-order valence-electron chi connectivity index (χ1n) is 5.24. The minimum atomic E-state index is -4.76. The molecule has 96 valence electrons. The van der Waals surface area contributed by atoms with E-state index in [2.05, 4.69) is 0 Å². The van der Waals surface area contributed by atoms with Crippen LogP contribution in [-0.4, -0.2) is 11.3 Å². The van der Waals surface area contributed by atoms with E-state index >= 15 is 0 Å². The number of thiophene rings is 1. The second kappa shape index (κ2) is 4.40.